The van der Waals surface area contributed by atoms with Gasteiger partial charge in [0.1, 0.15) is 5.69 Å². The number of nitrogens with zero attached hydrogens (tertiary/aromatic N) is 2. The van der Waals surface area contributed by atoms with Crippen LogP contribution in [-0.4, -0.2) is 42.9 Å². The van der Waals surface area contributed by atoms with Crippen LogP contribution in [0.1, 0.15) is 23.0 Å². The molecular weight excluding hydrogens is 372 g/mol. The summed E-state index contributed by atoms with van der Waals surface area (Å²) in [5, 5.41) is 4.17. The molecule has 1 aromatic carbocycles. The molecule has 126 valence electrons. The number of rotatable bonds is 4. The van der Waals surface area contributed by atoms with Crippen molar-refractivity contribution >= 4 is 33.2 Å². The molecule has 24 heavy (non-hydrogen) atoms. The predicted octanol–water partition coefficient (Wildman–Crippen LogP) is 2.77. The van der Waals surface area contributed by atoms with Gasteiger partial charge in [0.15, 0.2) is 0 Å². The topological polar surface area (TPSA) is 69.7 Å². The molecule has 6 nitrogen and oxygen atoms in total. The highest BCUT2D eigenvalue weighted by Gasteiger charge is 2.11. The van der Waals surface area contributed by atoms with Crippen molar-refractivity contribution in [2.75, 3.05) is 31.2 Å². The molecule has 0 radical (unpaired) electrons. The number of morpholine rings is 1. The lowest BCUT2D eigenvalue weighted by atomic mass is 10.1. The Kier molecular flexibility index (Phi) is 5.32. The predicted molar refractivity (Wildman–Crippen MR) is 97.6 cm³/mol. The maximum Gasteiger partial charge on any atom is 0.287 e. The van der Waals surface area contributed by atoms with Gasteiger partial charge in [-0.25, -0.2) is 5.43 Å². The number of aromatic nitrogens is 1. The van der Waals surface area contributed by atoms with Crippen molar-refractivity contribution in [3.8, 4) is 0 Å². The van der Waals surface area contributed by atoms with E-state index in [-0.39, 0.29) is 5.91 Å². The number of halogens is 1. The van der Waals surface area contributed by atoms with Gasteiger partial charge in [-0.15, -0.1) is 0 Å². The van der Waals surface area contributed by atoms with Crippen LogP contribution in [-0.2, 0) is 4.74 Å². The minimum atomic E-state index is -0.273. The van der Waals surface area contributed by atoms with Crippen LogP contribution in [0.5, 0.6) is 0 Å². The number of hydrogen-bond donors (Lipinski definition) is 2. The quantitative estimate of drug-likeness (QED) is 0.622. The first-order valence-corrected chi connectivity index (χ1v) is 8.54. The van der Waals surface area contributed by atoms with Crippen LogP contribution in [0.25, 0.3) is 0 Å². The fourth-order valence-corrected chi connectivity index (χ4v) is 2.84. The average Bonchev–Trinajstić information content (AvgIpc) is 3.07. The van der Waals surface area contributed by atoms with Crippen molar-refractivity contribution in [1.29, 1.82) is 0 Å². The van der Waals surface area contributed by atoms with E-state index in [2.05, 4.69) is 48.5 Å². The Morgan fingerprint density at radius 1 is 1.29 bits per heavy atom. The molecule has 2 aromatic rings. The Morgan fingerprint density at radius 2 is 2.00 bits per heavy atom. The lowest BCUT2D eigenvalue weighted by Crippen LogP contribution is -2.36. The molecule has 1 aliphatic rings. The number of H-pyrrole nitrogens is 1. The molecule has 0 atom stereocenters. The molecule has 0 spiro atoms. The van der Waals surface area contributed by atoms with E-state index in [1.54, 1.807) is 12.3 Å². The minimum Gasteiger partial charge on any atom is -0.378 e. The van der Waals surface area contributed by atoms with Gasteiger partial charge < -0.3 is 14.6 Å². The van der Waals surface area contributed by atoms with Gasteiger partial charge in [-0.1, -0.05) is 12.1 Å². The number of hydrazone groups is 1. The number of benzene rings is 1. The zero-order valence-electron chi connectivity index (χ0n) is 13.4. The fourth-order valence-electron chi connectivity index (χ4n) is 2.49. The molecule has 7 heteroatoms. The zero-order chi connectivity index (χ0) is 16.9. The zero-order valence-corrected chi connectivity index (χ0v) is 15.0. The van der Waals surface area contributed by atoms with E-state index in [0.29, 0.717) is 5.69 Å². The molecule has 0 bridgehead atoms. The summed E-state index contributed by atoms with van der Waals surface area (Å²) < 4.78 is 6.19. The fraction of sp³-hybridized carbons (Fsp3) is 0.294. The van der Waals surface area contributed by atoms with Crippen molar-refractivity contribution in [2.45, 2.75) is 6.92 Å². The van der Waals surface area contributed by atoms with Gasteiger partial charge in [-0.3, -0.25) is 4.79 Å². The summed E-state index contributed by atoms with van der Waals surface area (Å²) in [7, 11) is 0. The Bertz CT molecular complexity index is 733. The normalized spacial score (nSPS) is 15.4. The molecule has 0 saturated carbocycles. The van der Waals surface area contributed by atoms with Gasteiger partial charge in [-0.05, 0) is 46.6 Å². The van der Waals surface area contributed by atoms with Crippen molar-refractivity contribution in [3.05, 3.63) is 52.3 Å². The third-order valence-corrected chi connectivity index (χ3v) is 4.34. The number of amides is 1. The van der Waals surface area contributed by atoms with E-state index in [1.807, 2.05) is 19.1 Å². The molecule has 2 heterocycles. The summed E-state index contributed by atoms with van der Waals surface area (Å²) in [6.45, 7) is 5.23. The lowest BCUT2D eigenvalue weighted by molar-refractivity contribution is 0.0950. The molecule has 3 rings (SSSR count). The number of carbonyl (C=O) groups is 1. The number of carbonyl (C=O) groups excluding carboxylic acids is 1. The second-order valence-corrected chi connectivity index (χ2v) is 6.43. The van der Waals surface area contributed by atoms with Crippen molar-refractivity contribution in [3.63, 3.8) is 0 Å². The summed E-state index contributed by atoms with van der Waals surface area (Å²) in [5.74, 6) is -0.273. The van der Waals surface area contributed by atoms with Crippen LogP contribution in [0.2, 0.25) is 0 Å². The average molecular weight is 391 g/mol. The summed E-state index contributed by atoms with van der Waals surface area (Å²) in [6.07, 6.45) is 1.70. The highest BCUT2D eigenvalue weighted by Crippen LogP contribution is 2.17. The SMILES string of the molecule is C/C(=N\NC(=O)c1cc(Br)c[nH]1)c1ccc(N2CCOCC2)cc1. The first kappa shape index (κ1) is 16.7. The number of anilines is 1. The number of aromatic amines is 1. The van der Waals surface area contributed by atoms with Gasteiger partial charge in [-0.2, -0.15) is 5.10 Å². The van der Waals surface area contributed by atoms with Gasteiger partial charge in [0, 0.05) is 29.4 Å². The van der Waals surface area contributed by atoms with Gasteiger partial charge >= 0.3 is 0 Å². The lowest BCUT2D eigenvalue weighted by Gasteiger charge is -2.28. The first-order chi connectivity index (χ1) is 11.6. The Balaban J connectivity index is 1.63. The summed E-state index contributed by atoms with van der Waals surface area (Å²) >= 11 is 3.30. The molecule has 0 unspecified atom stereocenters. The standard InChI is InChI=1S/C17H19BrN4O2/c1-12(20-21-17(23)16-10-14(18)11-19-16)13-2-4-15(5-3-13)22-6-8-24-9-7-22/h2-5,10-11,19H,6-9H2,1H3,(H,21,23)/b20-12+. The Labute approximate surface area is 149 Å². The third-order valence-electron chi connectivity index (χ3n) is 3.88. The molecule has 2 N–H and O–H groups in total. The molecule has 1 aliphatic heterocycles. The second kappa shape index (κ2) is 7.63. The number of hydrogen-bond acceptors (Lipinski definition) is 4. The van der Waals surface area contributed by atoms with Crippen LogP contribution in [0.15, 0.2) is 46.1 Å². The van der Waals surface area contributed by atoms with E-state index < -0.39 is 0 Å². The maximum absolute atomic E-state index is 12.0. The monoisotopic (exact) mass is 390 g/mol. The first-order valence-electron chi connectivity index (χ1n) is 7.75. The van der Waals surface area contributed by atoms with E-state index in [4.69, 9.17) is 4.74 Å². The molecule has 1 aromatic heterocycles. The number of nitrogens with one attached hydrogen (secondary N) is 2. The molecule has 0 aliphatic carbocycles. The maximum atomic E-state index is 12.0. The van der Waals surface area contributed by atoms with Crippen LogP contribution < -0.4 is 10.3 Å². The van der Waals surface area contributed by atoms with Crippen LogP contribution in [0.3, 0.4) is 0 Å². The number of ether oxygens (including phenoxy) is 1. The van der Waals surface area contributed by atoms with Gasteiger partial charge in [0.2, 0.25) is 0 Å². The van der Waals surface area contributed by atoms with Crippen LogP contribution >= 0.6 is 15.9 Å². The van der Waals surface area contributed by atoms with Crippen molar-refractivity contribution < 1.29 is 9.53 Å². The molecular formula is C17H19BrN4O2. The molecule has 1 saturated heterocycles. The largest absolute Gasteiger partial charge is 0.378 e. The van der Waals surface area contributed by atoms with E-state index in [0.717, 1.165) is 42.1 Å². The van der Waals surface area contributed by atoms with Crippen molar-refractivity contribution in [2.24, 2.45) is 5.10 Å². The summed E-state index contributed by atoms with van der Waals surface area (Å²) in [4.78, 5) is 17.1. The van der Waals surface area contributed by atoms with Crippen molar-refractivity contribution in [1.82, 2.24) is 10.4 Å². The third kappa shape index (κ3) is 4.04. The summed E-state index contributed by atoms with van der Waals surface area (Å²) in [5.41, 5.74) is 5.92. The molecule has 1 amide bonds. The van der Waals surface area contributed by atoms with Gasteiger partial charge in [0.25, 0.3) is 5.91 Å². The van der Waals surface area contributed by atoms with Gasteiger partial charge in [0.05, 0.1) is 18.9 Å². The van der Waals surface area contributed by atoms with E-state index in [1.165, 1.54) is 5.69 Å². The summed E-state index contributed by atoms with van der Waals surface area (Å²) in [6, 6.07) is 9.88. The highest BCUT2D eigenvalue weighted by molar-refractivity contribution is 9.10. The van der Waals surface area contributed by atoms with E-state index >= 15 is 0 Å². The van der Waals surface area contributed by atoms with Crippen LogP contribution in [0.4, 0.5) is 5.69 Å². The highest BCUT2D eigenvalue weighted by atomic mass is 79.9. The minimum absolute atomic E-state index is 0.273. The Morgan fingerprint density at radius 3 is 2.62 bits per heavy atom. The Hall–Kier alpha value is -2.12. The van der Waals surface area contributed by atoms with Crippen LogP contribution in [0, 0.1) is 0 Å². The second-order valence-electron chi connectivity index (χ2n) is 5.52. The smallest absolute Gasteiger partial charge is 0.287 e. The molecule has 1 fully saturated rings. The van der Waals surface area contributed by atoms with E-state index in [9.17, 15) is 4.79 Å².